The van der Waals surface area contributed by atoms with Crippen LogP contribution in [-0.4, -0.2) is 21.7 Å². The fourth-order valence-corrected chi connectivity index (χ4v) is 1.44. The Morgan fingerprint density at radius 3 is 2.94 bits per heavy atom. The quantitative estimate of drug-likeness (QED) is 0.723. The maximum atomic E-state index is 5.43. The van der Waals surface area contributed by atoms with E-state index in [2.05, 4.69) is 32.7 Å². The highest BCUT2D eigenvalue weighted by atomic mass is 16.4. The Labute approximate surface area is 106 Å². The molecule has 2 N–H and O–H groups in total. The third kappa shape index (κ3) is 3.81. The molecule has 0 amide bonds. The van der Waals surface area contributed by atoms with E-state index in [1.165, 1.54) is 0 Å². The zero-order valence-corrected chi connectivity index (χ0v) is 10.4. The van der Waals surface area contributed by atoms with Gasteiger partial charge in [0.15, 0.2) is 0 Å². The molecule has 0 unspecified atom stereocenters. The van der Waals surface area contributed by atoms with Gasteiger partial charge in [-0.25, -0.2) is 0 Å². The molecule has 2 rings (SSSR count). The molecule has 6 heteroatoms. The van der Waals surface area contributed by atoms with Gasteiger partial charge in [0.1, 0.15) is 0 Å². The molecule has 0 atom stereocenters. The van der Waals surface area contributed by atoms with Gasteiger partial charge in [-0.15, -0.1) is 5.10 Å². The van der Waals surface area contributed by atoms with E-state index in [1.807, 2.05) is 18.2 Å². The fourth-order valence-electron chi connectivity index (χ4n) is 1.44. The SMILES string of the molecule is CCCNCc1nnc(NCc2ccccn2)o1. The number of hydrogen-bond donors (Lipinski definition) is 2. The highest BCUT2D eigenvalue weighted by Gasteiger charge is 2.04. The van der Waals surface area contributed by atoms with Crippen molar-refractivity contribution in [2.45, 2.75) is 26.4 Å². The largest absolute Gasteiger partial charge is 0.407 e. The van der Waals surface area contributed by atoms with E-state index < -0.39 is 0 Å². The maximum absolute atomic E-state index is 5.43. The summed E-state index contributed by atoms with van der Waals surface area (Å²) in [6.07, 6.45) is 2.84. The smallest absolute Gasteiger partial charge is 0.315 e. The van der Waals surface area contributed by atoms with Gasteiger partial charge in [-0.1, -0.05) is 18.1 Å². The molecule has 0 saturated heterocycles. The number of hydrogen-bond acceptors (Lipinski definition) is 6. The van der Waals surface area contributed by atoms with Crippen molar-refractivity contribution in [3.05, 3.63) is 36.0 Å². The lowest BCUT2D eigenvalue weighted by molar-refractivity contribution is 0.476. The van der Waals surface area contributed by atoms with Crippen molar-refractivity contribution in [3.8, 4) is 0 Å². The highest BCUT2D eigenvalue weighted by molar-refractivity contribution is 5.19. The molecule has 0 fully saturated rings. The first-order chi connectivity index (χ1) is 8.88. The van der Waals surface area contributed by atoms with E-state index in [1.54, 1.807) is 6.20 Å². The van der Waals surface area contributed by atoms with Crippen molar-refractivity contribution in [1.82, 2.24) is 20.5 Å². The second kappa shape index (κ2) is 6.70. The molecule has 2 aromatic heterocycles. The molecule has 2 heterocycles. The molecule has 0 aromatic carbocycles. The van der Waals surface area contributed by atoms with Crippen LogP contribution in [0.15, 0.2) is 28.8 Å². The van der Waals surface area contributed by atoms with E-state index in [0.29, 0.717) is 25.0 Å². The molecule has 18 heavy (non-hydrogen) atoms. The molecule has 0 aliphatic heterocycles. The van der Waals surface area contributed by atoms with Gasteiger partial charge in [-0.2, -0.15) is 0 Å². The first-order valence-corrected chi connectivity index (χ1v) is 6.05. The minimum atomic E-state index is 0.425. The Bertz CT molecular complexity index is 457. The second-order valence-corrected chi connectivity index (χ2v) is 3.85. The molecular weight excluding hydrogens is 230 g/mol. The van der Waals surface area contributed by atoms with Gasteiger partial charge in [-0.05, 0) is 25.1 Å². The summed E-state index contributed by atoms with van der Waals surface area (Å²) in [6, 6.07) is 6.19. The second-order valence-electron chi connectivity index (χ2n) is 3.85. The van der Waals surface area contributed by atoms with E-state index >= 15 is 0 Å². The average molecular weight is 247 g/mol. The average Bonchev–Trinajstić information content (AvgIpc) is 2.86. The van der Waals surface area contributed by atoms with Crippen LogP contribution in [0.2, 0.25) is 0 Å². The van der Waals surface area contributed by atoms with Crippen LogP contribution in [0.4, 0.5) is 6.01 Å². The van der Waals surface area contributed by atoms with Crippen LogP contribution < -0.4 is 10.6 Å². The van der Waals surface area contributed by atoms with Crippen LogP contribution in [0.5, 0.6) is 0 Å². The number of nitrogens with one attached hydrogen (secondary N) is 2. The first kappa shape index (κ1) is 12.5. The number of rotatable bonds is 7. The third-order valence-corrected chi connectivity index (χ3v) is 2.32. The summed E-state index contributed by atoms with van der Waals surface area (Å²) in [5.74, 6) is 0.590. The summed E-state index contributed by atoms with van der Waals surface area (Å²) >= 11 is 0. The van der Waals surface area contributed by atoms with Gasteiger partial charge in [0, 0.05) is 6.20 Å². The monoisotopic (exact) mass is 247 g/mol. The number of pyridine rings is 1. The van der Waals surface area contributed by atoms with Gasteiger partial charge in [-0.3, -0.25) is 4.98 Å². The predicted molar refractivity (Wildman–Crippen MR) is 67.9 cm³/mol. The summed E-state index contributed by atoms with van der Waals surface area (Å²) in [5.41, 5.74) is 0.932. The van der Waals surface area contributed by atoms with E-state index in [9.17, 15) is 0 Å². The Kier molecular flexibility index (Phi) is 4.66. The topological polar surface area (TPSA) is 75.9 Å². The van der Waals surface area contributed by atoms with Gasteiger partial charge < -0.3 is 15.1 Å². The van der Waals surface area contributed by atoms with Crippen LogP contribution in [0.3, 0.4) is 0 Å². The van der Waals surface area contributed by atoms with Crippen molar-refractivity contribution >= 4 is 6.01 Å². The van der Waals surface area contributed by atoms with Crippen LogP contribution in [0.1, 0.15) is 24.9 Å². The summed E-state index contributed by atoms with van der Waals surface area (Å²) in [4.78, 5) is 4.20. The maximum Gasteiger partial charge on any atom is 0.315 e. The summed E-state index contributed by atoms with van der Waals surface area (Å²) in [6.45, 7) is 4.23. The first-order valence-electron chi connectivity index (χ1n) is 6.05. The highest BCUT2D eigenvalue weighted by Crippen LogP contribution is 2.06. The zero-order chi connectivity index (χ0) is 12.6. The third-order valence-electron chi connectivity index (χ3n) is 2.32. The molecule has 0 saturated carbocycles. The van der Waals surface area contributed by atoms with Gasteiger partial charge >= 0.3 is 6.01 Å². The lowest BCUT2D eigenvalue weighted by atomic mass is 10.3. The normalized spacial score (nSPS) is 10.5. The van der Waals surface area contributed by atoms with Crippen LogP contribution in [-0.2, 0) is 13.1 Å². The fraction of sp³-hybridized carbons (Fsp3) is 0.417. The predicted octanol–water partition coefficient (Wildman–Crippen LogP) is 1.58. The molecule has 0 aliphatic carbocycles. The van der Waals surface area contributed by atoms with Crippen molar-refractivity contribution in [1.29, 1.82) is 0 Å². The van der Waals surface area contributed by atoms with Crippen LogP contribution in [0, 0.1) is 0 Å². The molecular formula is C12H17N5O. The lowest BCUT2D eigenvalue weighted by Gasteiger charge is -2.00. The molecule has 0 radical (unpaired) electrons. The van der Waals surface area contributed by atoms with E-state index in [4.69, 9.17) is 4.42 Å². The Morgan fingerprint density at radius 2 is 2.17 bits per heavy atom. The lowest BCUT2D eigenvalue weighted by Crippen LogP contribution is -2.13. The van der Waals surface area contributed by atoms with Crippen molar-refractivity contribution in [2.24, 2.45) is 0 Å². The van der Waals surface area contributed by atoms with Crippen molar-refractivity contribution in [3.63, 3.8) is 0 Å². The van der Waals surface area contributed by atoms with E-state index in [-0.39, 0.29) is 0 Å². The number of anilines is 1. The van der Waals surface area contributed by atoms with Gasteiger partial charge in [0.25, 0.3) is 0 Å². The van der Waals surface area contributed by atoms with Crippen LogP contribution in [0.25, 0.3) is 0 Å². The van der Waals surface area contributed by atoms with E-state index in [0.717, 1.165) is 18.7 Å². The molecule has 0 bridgehead atoms. The minimum Gasteiger partial charge on any atom is -0.407 e. The molecule has 96 valence electrons. The summed E-state index contributed by atoms with van der Waals surface area (Å²) < 4.78 is 5.43. The van der Waals surface area contributed by atoms with Crippen LogP contribution >= 0.6 is 0 Å². The Morgan fingerprint density at radius 1 is 1.22 bits per heavy atom. The standard InChI is InChI=1S/C12H17N5O/c1-2-6-13-9-11-16-17-12(18-11)15-8-10-5-3-4-7-14-10/h3-5,7,13H,2,6,8-9H2,1H3,(H,15,17). The number of nitrogens with zero attached hydrogens (tertiary/aromatic N) is 3. The minimum absolute atomic E-state index is 0.425. The molecule has 0 aliphatic rings. The molecule has 6 nitrogen and oxygen atoms in total. The van der Waals surface area contributed by atoms with Crippen molar-refractivity contribution in [2.75, 3.05) is 11.9 Å². The molecule has 0 spiro atoms. The molecule has 2 aromatic rings. The summed E-state index contributed by atoms with van der Waals surface area (Å²) in [5, 5.41) is 14.1. The van der Waals surface area contributed by atoms with Crippen molar-refractivity contribution < 1.29 is 4.42 Å². The van der Waals surface area contributed by atoms with Gasteiger partial charge in [0.2, 0.25) is 5.89 Å². The zero-order valence-electron chi connectivity index (χ0n) is 10.4. The van der Waals surface area contributed by atoms with Gasteiger partial charge in [0.05, 0.1) is 18.8 Å². The number of aromatic nitrogens is 3. The Balaban J connectivity index is 1.80. The Hall–Kier alpha value is -1.95. The summed E-state index contributed by atoms with van der Waals surface area (Å²) in [7, 11) is 0.